The zero-order valence-electron chi connectivity index (χ0n) is 19.0. The Morgan fingerprint density at radius 2 is 1.55 bits per heavy atom. The third-order valence-electron chi connectivity index (χ3n) is 5.06. The normalized spacial score (nSPS) is 10.3. The molecular weight excluding hydrogens is 414 g/mol. The Kier molecular flexibility index (Phi) is 9.33. The number of carbonyl (C=O) groups is 2. The average molecular weight is 446 g/mol. The molecule has 0 unspecified atom stereocenters. The SMILES string of the molecule is CCCCNC(=O)c1ccc(NCC(=O)Nc2ccc(OCCc3ccccc3)cc2)cc1. The van der Waals surface area contributed by atoms with E-state index in [0.29, 0.717) is 24.4 Å². The zero-order valence-corrected chi connectivity index (χ0v) is 19.0. The van der Waals surface area contributed by atoms with Gasteiger partial charge in [0, 0.05) is 29.9 Å². The monoisotopic (exact) mass is 445 g/mol. The second kappa shape index (κ2) is 12.9. The molecule has 0 aliphatic rings. The maximum absolute atomic E-state index is 12.3. The molecule has 0 heterocycles. The lowest BCUT2D eigenvalue weighted by atomic mass is 10.2. The number of nitrogens with one attached hydrogen (secondary N) is 3. The third-order valence-corrected chi connectivity index (χ3v) is 5.06. The largest absolute Gasteiger partial charge is 0.493 e. The molecule has 6 heteroatoms. The van der Waals surface area contributed by atoms with Crippen molar-refractivity contribution in [2.24, 2.45) is 0 Å². The van der Waals surface area contributed by atoms with E-state index in [1.807, 2.05) is 42.5 Å². The Morgan fingerprint density at radius 1 is 0.848 bits per heavy atom. The van der Waals surface area contributed by atoms with Gasteiger partial charge in [0.2, 0.25) is 5.91 Å². The van der Waals surface area contributed by atoms with E-state index >= 15 is 0 Å². The molecule has 0 aliphatic carbocycles. The van der Waals surface area contributed by atoms with Crippen molar-refractivity contribution in [1.29, 1.82) is 0 Å². The van der Waals surface area contributed by atoms with Gasteiger partial charge in [-0.15, -0.1) is 0 Å². The lowest BCUT2D eigenvalue weighted by molar-refractivity contribution is -0.114. The molecule has 3 aromatic rings. The van der Waals surface area contributed by atoms with Crippen molar-refractivity contribution >= 4 is 23.2 Å². The maximum Gasteiger partial charge on any atom is 0.251 e. The molecule has 0 radical (unpaired) electrons. The summed E-state index contributed by atoms with van der Waals surface area (Å²) in [6.07, 6.45) is 2.85. The van der Waals surface area contributed by atoms with Gasteiger partial charge in [-0.1, -0.05) is 43.7 Å². The van der Waals surface area contributed by atoms with Crippen molar-refractivity contribution in [3.63, 3.8) is 0 Å². The number of hydrogen-bond acceptors (Lipinski definition) is 4. The summed E-state index contributed by atoms with van der Waals surface area (Å²) < 4.78 is 5.78. The fourth-order valence-electron chi connectivity index (χ4n) is 3.17. The van der Waals surface area contributed by atoms with Crippen LogP contribution in [0.25, 0.3) is 0 Å². The summed E-state index contributed by atoms with van der Waals surface area (Å²) in [5.41, 5.74) is 3.32. The molecular formula is C27H31N3O3. The molecule has 0 aliphatic heterocycles. The first-order chi connectivity index (χ1) is 16.1. The number of ether oxygens (including phenoxy) is 1. The molecule has 0 atom stereocenters. The lowest BCUT2D eigenvalue weighted by Crippen LogP contribution is -2.24. The van der Waals surface area contributed by atoms with Crippen LogP contribution in [-0.2, 0) is 11.2 Å². The Balaban J connectivity index is 1.38. The molecule has 33 heavy (non-hydrogen) atoms. The van der Waals surface area contributed by atoms with E-state index in [9.17, 15) is 9.59 Å². The molecule has 2 amide bonds. The van der Waals surface area contributed by atoms with Crippen LogP contribution in [0.15, 0.2) is 78.9 Å². The number of anilines is 2. The van der Waals surface area contributed by atoms with Gasteiger partial charge < -0.3 is 20.7 Å². The number of benzene rings is 3. The van der Waals surface area contributed by atoms with Crippen LogP contribution in [0, 0.1) is 0 Å². The van der Waals surface area contributed by atoms with Crippen molar-refractivity contribution < 1.29 is 14.3 Å². The zero-order chi connectivity index (χ0) is 23.3. The summed E-state index contributed by atoms with van der Waals surface area (Å²) in [6.45, 7) is 3.48. The summed E-state index contributed by atoms with van der Waals surface area (Å²) in [6, 6.07) is 24.6. The molecule has 3 N–H and O–H groups in total. The number of amides is 2. The highest BCUT2D eigenvalue weighted by Gasteiger charge is 2.06. The maximum atomic E-state index is 12.3. The van der Waals surface area contributed by atoms with E-state index in [0.717, 1.165) is 30.7 Å². The first-order valence-electron chi connectivity index (χ1n) is 11.3. The summed E-state index contributed by atoms with van der Waals surface area (Å²) in [5.74, 6) is 0.523. The van der Waals surface area contributed by atoms with E-state index < -0.39 is 0 Å². The van der Waals surface area contributed by atoms with Crippen molar-refractivity contribution in [1.82, 2.24) is 5.32 Å². The third kappa shape index (κ3) is 8.33. The summed E-state index contributed by atoms with van der Waals surface area (Å²) in [7, 11) is 0. The molecule has 3 aromatic carbocycles. The van der Waals surface area contributed by atoms with Crippen LogP contribution >= 0.6 is 0 Å². The number of unbranched alkanes of at least 4 members (excludes halogenated alkanes) is 1. The molecule has 0 spiro atoms. The molecule has 0 saturated carbocycles. The van der Waals surface area contributed by atoms with Crippen LogP contribution < -0.4 is 20.7 Å². The minimum Gasteiger partial charge on any atom is -0.493 e. The summed E-state index contributed by atoms with van der Waals surface area (Å²) >= 11 is 0. The predicted molar refractivity (Wildman–Crippen MR) is 133 cm³/mol. The van der Waals surface area contributed by atoms with Crippen LogP contribution in [0.5, 0.6) is 5.75 Å². The van der Waals surface area contributed by atoms with E-state index in [1.54, 1.807) is 24.3 Å². The van der Waals surface area contributed by atoms with Crippen molar-refractivity contribution in [3.8, 4) is 5.75 Å². The molecule has 3 rings (SSSR count). The Morgan fingerprint density at radius 3 is 2.24 bits per heavy atom. The number of carbonyl (C=O) groups excluding carboxylic acids is 2. The topological polar surface area (TPSA) is 79.5 Å². The summed E-state index contributed by atoms with van der Waals surface area (Å²) in [5, 5.41) is 8.82. The standard InChI is InChI=1S/C27H31N3O3/c1-2-3-18-28-27(32)22-9-11-23(12-10-22)29-20-26(31)30-24-13-15-25(16-14-24)33-19-17-21-7-5-4-6-8-21/h4-16,29H,2-3,17-20H2,1H3,(H,28,32)(H,30,31). The van der Waals surface area contributed by atoms with Crippen molar-refractivity contribution in [3.05, 3.63) is 90.0 Å². The Hall–Kier alpha value is -3.80. The molecule has 0 aromatic heterocycles. The lowest BCUT2D eigenvalue weighted by Gasteiger charge is -2.10. The number of hydrogen-bond donors (Lipinski definition) is 3. The average Bonchev–Trinajstić information content (AvgIpc) is 2.85. The highest BCUT2D eigenvalue weighted by atomic mass is 16.5. The fraction of sp³-hybridized carbons (Fsp3) is 0.259. The quantitative estimate of drug-likeness (QED) is 0.347. The van der Waals surface area contributed by atoms with Gasteiger partial charge in [-0.2, -0.15) is 0 Å². The second-order valence-corrected chi connectivity index (χ2v) is 7.70. The van der Waals surface area contributed by atoms with Gasteiger partial charge in [-0.3, -0.25) is 9.59 Å². The number of rotatable bonds is 12. The second-order valence-electron chi connectivity index (χ2n) is 7.70. The van der Waals surface area contributed by atoms with Gasteiger partial charge in [0.1, 0.15) is 5.75 Å². The van der Waals surface area contributed by atoms with Crippen LogP contribution in [0.3, 0.4) is 0 Å². The first-order valence-corrected chi connectivity index (χ1v) is 11.3. The van der Waals surface area contributed by atoms with Crippen LogP contribution in [0.1, 0.15) is 35.7 Å². The van der Waals surface area contributed by atoms with Crippen molar-refractivity contribution in [2.75, 3.05) is 30.3 Å². The van der Waals surface area contributed by atoms with E-state index in [-0.39, 0.29) is 18.4 Å². The van der Waals surface area contributed by atoms with E-state index in [2.05, 4.69) is 35.0 Å². The van der Waals surface area contributed by atoms with Crippen LogP contribution in [-0.4, -0.2) is 31.5 Å². The smallest absolute Gasteiger partial charge is 0.251 e. The minimum atomic E-state index is -0.158. The van der Waals surface area contributed by atoms with Crippen LogP contribution in [0.2, 0.25) is 0 Å². The van der Waals surface area contributed by atoms with E-state index in [1.165, 1.54) is 5.56 Å². The fourth-order valence-corrected chi connectivity index (χ4v) is 3.17. The van der Waals surface area contributed by atoms with Gasteiger partial charge in [0.05, 0.1) is 13.2 Å². The predicted octanol–water partition coefficient (Wildman–Crippen LogP) is 4.89. The molecule has 0 fully saturated rings. The van der Waals surface area contributed by atoms with Gasteiger partial charge in [-0.25, -0.2) is 0 Å². The van der Waals surface area contributed by atoms with Gasteiger partial charge in [0.25, 0.3) is 5.91 Å². The van der Waals surface area contributed by atoms with Gasteiger partial charge in [0.15, 0.2) is 0 Å². The van der Waals surface area contributed by atoms with Gasteiger partial charge in [-0.05, 0) is 60.5 Å². The Bertz CT molecular complexity index is 1000. The minimum absolute atomic E-state index is 0.0831. The van der Waals surface area contributed by atoms with Gasteiger partial charge >= 0.3 is 0 Å². The van der Waals surface area contributed by atoms with E-state index in [4.69, 9.17) is 4.74 Å². The summed E-state index contributed by atoms with van der Waals surface area (Å²) in [4.78, 5) is 24.3. The molecule has 6 nitrogen and oxygen atoms in total. The van der Waals surface area contributed by atoms with Crippen molar-refractivity contribution in [2.45, 2.75) is 26.2 Å². The first kappa shape index (κ1) is 23.9. The molecule has 0 saturated heterocycles. The molecule has 0 bridgehead atoms. The highest BCUT2D eigenvalue weighted by Crippen LogP contribution is 2.16. The highest BCUT2D eigenvalue weighted by molar-refractivity contribution is 5.95. The van der Waals surface area contributed by atoms with Crippen LogP contribution in [0.4, 0.5) is 11.4 Å². The Labute approximate surface area is 195 Å². The molecule has 172 valence electrons.